The topological polar surface area (TPSA) is 26.3 Å². The van der Waals surface area contributed by atoms with Crippen LogP contribution in [0.3, 0.4) is 0 Å². The molecule has 2 rings (SSSR count). The van der Waals surface area contributed by atoms with Crippen LogP contribution in [0.5, 0.6) is 5.75 Å². The minimum absolute atomic E-state index is 0.135. The number of hydrogen-bond donors (Lipinski definition) is 0. The zero-order valence-corrected chi connectivity index (χ0v) is 12.7. The van der Waals surface area contributed by atoms with Gasteiger partial charge in [-0.05, 0) is 43.7 Å². The summed E-state index contributed by atoms with van der Waals surface area (Å²) in [4.78, 5) is 12.3. The molecule has 1 unspecified atom stereocenters. The van der Waals surface area contributed by atoms with E-state index in [2.05, 4.69) is 0 Å². The van der Waals surface area contributed by atoms with Gasteiger partial charge in [0.05, 0.1) is 5.02 Å². The van der Waals surface area contributed by atoms with Gasteiger partial charge in [-0.2, -0.15) is 0 Å². The smallest absolute Gasteiger partial charge is 0.203 e. The molecule has 1 atom stereocenters. The largest absolute Gasteiger partial charge is 0.481 e. The maximum Gasteiger partial charge on any atom is 0.203 e. The van der Waals surface area contributed by atoms with Crippen LogP contribution in [-0.2, 0) is 0 Å². The van der Waals surface area contributed by atoms with Crippen LogP contribution in [0.2, 0.25) is 10.0 Å². The number of carbonyl (C=O) groups excluding carboxylic acids is 1. The lowest BCUT2D eigenvalue weighted by Crippen LogP contribution is -2.24. The lowest BCUT2D eigenvalue weighted by Gasteiger charge is -2.15. The highest BCUT2D eigenvalue weighted by molar-refractivity contribution is 6.32. The minimum Gasteiger partial charge on any atom is -0.481 e. The fourth-order valence-electron chi connectivity index (χ4n) is 1.82. The lowest BCUT2D eigenvalue weighted by atomic mass is 10.1. The molecule has 4 heteroatoms. The Kier molecular flexibility index (Phi) is 4.69. The molecular formula is C16H14Cl2O2. The second-order valence-corrected chi connectivity index (χ2v) is 5.41. The zero-order valence-electron chi connectivity index (χ0n) is 11.2. The third kappa shape index (κ3) is 3.53. The summed E-state index contributed by atoms with van der Waals surface area (Å²) in [5, 5.41) is 1.02. The van der Waals surface area contributed by atoms with Gasteiger partial charge in [-0.25, -0.2) is 0 Å². The Hall–Kier alpha value is -1.51. The van der Waals surface area contributed by atoms with Crippen molar-refractivity contribution in [3.05, 3.63) is 63.6 Å². The molecular weight excluding hydrogens is 295 g/mol. The third-order valence-corrected chi connectivity index (χ3v) is 3.40. The summed E-state index contributed by atoms with van der Waals surface area (Å²) in [6.45, 7) is 3.63. The lowest BCUT2D eigenvalue weighted by molar-refractivity contribution is 0.0818. The van der Waals surface area contributed by atoms with Crippen molar-refractivity contribution in [3.63, 3.8) is 0 Å². The summed E-state index contributed by atoms with van der Waals surface area (Å²) in [5.41, 5.74) is 1.56. The van der Waals surface area contributed by atoms with E-state index in [4.69, 9.17) is 27.9 Å². The van der Waals surface area contributed by atoms with Crippen LogP contribution in [0.25, 0.3) is 0 Å². The molecule has 0 saturated carbocycles. The van der Waals surface area contributed by atoms with E-state index in [-0.39, 0.29) is 5.78 Å². The van der Waals surface area contributed by atoms with Crippen molar-refractivity contribution in [1.82, 2.24) is 0 Å². The van der Waals surface area contributed by atoms with Crippen molar-refractivity contribution in [2.45, 2.75) is 20.0 Å². The molecule has 2 aromatic carbocycles. The number of ketones is 1. The van der Waals surface area contributed by atoms with E-state index < -0.39 is 6.10 Å². The number of halogens is 2. The van der Waals surface area contributed by atoms with Gasteiger partial charge in [0.15, 0.2) is 6.10 Å². The monoisotopic (exact) mass is 308 g/mol. The first kappa shape index (κ1) is 14.9. The maximum atomic E-state index is 12.3. The van der Waals surface area contributed by atoms with Gasteiger partial charge in [0, 0.05) is 10.6 Å². The first-order valence-electron chi connectivity index (χ1n) is 6.20. The standard InChI is InChI=1S/C16H14Cl2O2/c1-10-6-7-15(14(18)8-10)20-11(2)16(19)12-4-3-5-13(17)9-12/h3-9,11H,1-2H3. The number of Topliss-reactive ketones (excluding diaryl/α,β-unsaturated/α-hetero) is 1. The number of aryl methyl sites for hydroxylation is 1. The summed E-state index contributed by atoms with van der Waals surface area (Å²) in [7, 11) is 0. The van der Waals surface area contributed by atoms with Crippen molar-refractivity contribution in [2.75, 3.05) is 0 Å². The maximum absolute atomic E-state index is 12.3. The van der Waals surface area contributed by atoms with Gasteiger partial charge in [-0.3, -0.25) is 4.79 Å². The summed E-state index contributed by atoms with van der Waals surface area (Å²) in [6.07, 6.45) is -0.631. The molecule has 20 heavy (non-hydrogen) atoms. The fraction of sp³-hybridized carbons (Fsp3) is 0.188. The average molecular weight is 309 g/mol. The summed E-state index contributed by atoms with van der Waals surface area (Å²) in [5.74, 6) is 0.365. The molecule has 2 aromatic rings. The highest BCUT2D eigenvalue weighted by Crippen LogP contribution is 2.26. The SMILES string of the molecule is Cc1ccc(OC(C)C(=O)c2cccc(Cl)c2)c(Cl)c1. The molecule has 0 aliphatic carbocycles. The Morgan fingerprint density at radius 2 is 1.90 bits per heavy atom. The number of ether oxygens (including phenoxy) is 1. The van der Waals surface area contributed by atoms with E-state index in [9.17, 15) is 4.79 Å². The molecule has 0 aliphatic rings. The molecule has 0 N–H and O–H groups in total. The highest BCUT2D eigenvalue weighted by atomic mass is 35.5. The first-order chi connectivity index (χ1) is 9.47. The van der Waals surface area contributed by atoms with Crippen LogP contribution in [0.4, 0.5) is 0 Å². The Morgan fingerprint density at radius 1 is 1.15 bits per heavy atom. The molecule has 0 radical (unpaired) electrons. The van der Waals surface area contributed by atoms with Crippen molar-refractivity contribution < 1.29 is 9.53 Å². The predicted octanol–water partition coefficient (Wildman–Crippen LogP) is 4.95. The Labute approximate surface area is 128 Å². The van der Waals surface area contributed by atoms with Crippen molar-refractivity contribution in [3.8, 4) is 5.75 Å². The van der Waals surface area contributed by atoms with E-state index in [1.54, 1.807) is 43.3 Å². The van der Waals surface area contributed by atoms with Gasteiger partial charge < -0.3 is 4.74 Å². The Bertz CT molecular complexity index is 638. The van der Waals surface area contributed by atoms with Gasteiger partial charge in [-0.15, -0.1) is 0 Å². The van der Waals surface area contributed by atoms with Crippen molar-refractivity contribution >= 4 is 29.0 Å². The predicted molar refractivity (Wildman–Crippen MR) is 82.1 cm³/mol. The first-order valence-corrected chi connectivity index (χ1v) is 6.95. The van der Waals surface area contributed by atoms with Crippen molar-refractivity contribution in [2.24, 2.45) is 0 Å². The van der Waals surface area contributed by atoms with Crippen LogP contribution >= 0.6 is 23.2 Å². The molecule has 0 spiro atoms. The van der Waals surface area contributed by atoms with Crippen LogP contribution in [-0.4, -0.2) is 11.9 Å². The van der Waals surface area contributed by atoms with Gasteiger partial charge in [-0.1, -0.05) is 41.4 Å². The minimum atomic E-state index is -0.631. The van der Waals surface area contributed by atoms with Gasteiger partial charge >= 0.3 is 0 Å². The van der Waals surface area contributed by atoms with E-state index in [0.29, 0.717) is 21.4 Å². The molecule has 0 aliphatic heterocycles. The summed E-state index contributed by atoms with van der Waals surface area (Å²) in [6, 6.07) is 12.2. The second kappa shape index (κ2) is 6.29. The van der Waals surface area contributed by atoms with E-state index >= 15 is 0 Å². The van der Waals surface area contributed by atoms with Crippen molar-refractivity contribution in [1.29, 1.82) is 0 Å². The van der Waals surface area contributed by atoms with E-state index in [1.165, 1.54) is 0 Å². The van der Waals surface area contributed by atoms with Gasteiger partial charge in [0.1, 0.15) is 5.75 Å². The Balaban J connectivity index is 2.15. The summed E-state index contributed by atoms with van der Waals surface area (Å²) < 4.78 is 5.63. The number of carbonyl (C=O) groups is 1. The molecule has 0 fully saturated rings. The zero-order chi connectivity index (χ0) is 14.7. The van der Waals surface area contributed by atoms with Crippen LogP contribution in [0, 0.1) is 6.92 Å². The Morgan fingerprint density at radius 3 is 2.55 bits per heavy atom. The summed E-state index contributed by atoms with van der Waals surface area (Å²) >= 11 is 12.0. The van der Waals surface area contributed by atoms with Crippen LogP contribution < -0.4 is 4.74 Å². The third-order valence-electron chi connectivity index (χ3n) is 2.87. The fourth-order valence-corrected chi connectivity index (χ4v) is 2.29. The van der Waals surface area contributed by atoms with Gasteiger partial charge in [0.2, 0.25) is 5.78 Å². The molecule has 0 aromatic heterocycles. The number of benzene rings is 2. The normalized spacial score (nSPS) is 12.0. The second-order valence-electron chi connectivity index (χ2n) is 4.57. The molecule has 104 valence electrons. The highest BCUT2D eigenvalue weighted by Gasteiger charge is 2.18. The van der Waals surface area contributed by atoms with E-state index in [1.807, 2.05) is 13.0 Å². The molecule has 0 heterocycles. The molecule has 2 nitrogen and oxygen atoms in total. The van der Waals surface area contributed by atoms with E-state index in [0.717, 1.165) is 5.56 Å². The number of hydrogen-bond acceptors (Lipinski definition) is 2. The quantitative estimate of drug-likeness (QED) is 0.747. The van der Waals surface area contributed by atoms with Crippen LogP contribution in [0.15, 0.2) is 42.5 Å². The number of rotatable bonds is 4. The molecule has 0 amide bonds. The molecule has 0 saturated heterocycles. The molecule has 0 bridgehead atoms. The average Bonchev–Trinajstić information content (AvgIpc) is 2.41. The van der Waals surface area contributed by atoms with Crippen LogP contribution in [0.1, 0.15) is 22.8 Å². The van der Waals surface area contributed by atoms with Gasteiger partial charge in [0.25, 0.3) is 0 Å².